The van der Waals surface area contributed by atoms with Crippen LogP contribution in [0.4, 0.5) is 0 Å². The van der Waals surface area contributed by atoms with Crippen LogP contribution in [0.15, 0.2) is 47.4 Å². The SMILES string of the molecule is CCC(NC(=O)CCc1ccc(S(=O)(=O)N2CCOCC2)cc1)c1ccc2c(c1)OCCO2. The lowest BCUT2D eigenvalue weighted by Crippen LogP contribution is -2.40. The van der Waals surface area contributed by atoms with Crippen molar-refractivity contribution in [1.29, 1.82) is 0 Å². The number of carbonyl (C=O) groups excluding carboxylic acids is 1. The molecule has 178 valence electrons. The third-order valence-corrected chi connectivity index (χ3v) is 7.80. The third kappa shape index (κ3) is 5.66. The van der Waals surface area contributed by atoms with Gasteiger partial charge in [-0.15, -0.1) is 0 Å². The Morgan fingerprint density at radius 2 is 1.70 bits per heavy atom. The first-order chi connectivity index (χ1) is 16.0. The second-order valence-electron chi connectivity index (χ2n) is 8.09. The molecule has 8 nitrogen and oxygen atoms in total. The summed E-state index contributed by atoms with van der Waals surface area (Å²) >= 11 is 0. The summed E-state index contributed by atoms with van der Waals surface area (Å²) in [5.41, 5.74) is 1.89. The average molecular weight is 475 g/mol. The van der Waals surface area contributed by atoms with E-state index in [9.17, 15) is 13.2 Å². The van der Waals surface area contributed by atoms with Gasteiger partial charge in [-0.1, -0.05) is 25.1 Å². The lowest BCUT2D eigenvalue weighted by atomic mass is 10.0. The molecule has 0 radical (unpaired) electrons. The van der Waals surface area contributed by atoms with E-state index in [1.54, 1.807) is 24.3 Å². The van der Waals surface area contributed by atoms with Gasteiger partial charge in [0.05, 0.1) is 24.2 Å². The van der Waals surface area contributed by atoms with Crippen LogP contribution in [-0.4, -0.2) is 58.1 Å². The molecule has 1 saturated heterocycles. The Morgan fingerprint density at radius 1 is 1.00 bits per heavy atom. The van der Waals surface area contributed by atoms with Crippen LogP contribution >= 0.6 is 0 Å². The number of nitrogens with one attached hydrogen (secondary N) is 1. The molecule has 1 N–H and O–H groups in total. The van der Waals surface area contributed by atoms with Gasteiger partial charge in [0.25, 0.3) is 0 Å². The summed E-state index contributed by atoms with van der Waals surface area (Å²) in [5, 5.41) is 3.09. The van der Waals surface area contributed by atoms with Crippen molar-refractivity contribution in [2.45, 2.75) is 37.1 Å². The van der Waals surface area contributed by atoms with E-state index in [1.165, 1.54) is 4.31 Å². The van der Waals surface area contributed by atoms with Crippen LogP contribution in [-0.2, 0) is 26.0 Å². The summed E-state index contributed by atoms with van der Waals surface area (Å²) in [4.78, 5) is 12.9. The lowest BCUT2D eigenvalue weighted by molar-refractivity contribution is -0.121. The second-order valence-corrected chi connectivity index (χ2v) is 10.0. The molecule has 2 aliphatic rings. The Hall–Kier alpha value is -2.62. The van der Waals surface area contributed by atoms with Crippen molar-refractivity contribution in [3.05, 3.63) is 53.6 Å². The van der Waals surface area contributed by atoms with Crippen LogP contribution in [0.25, 0.3) is 0 Å². The molecular formula is C24H30N2O6S. The molecule has 2 aromatic carbocycles. The summed E-state index contributed by atoms with van der Waals surface area (Å²) in [7, 11) is -3.51. The van der Waals surface area contributed by atoms with E-state index in [-0.39, 0.29) is 16.8 Å². The van der Waals surface area contributed by atoms with Gasteiger partial charge in [0.15, 0.2) is 11.5 Å². The Bertz CT molecular complexity index is 1060. The minimum atomic E-state index is -3.51. The Morgan fingerprint density at radius 3 is 2.39 bits per heavy atom. The van der Waals surface area contributed by atoms with Crippen LogP contribution in [0.2, 0.25) is 0 Å². The third-order valence-electron chi connectivity index (χ3n) is 5.88. The van der Waals surface area contributed by atoms with Crippen LogP contribution in [0.3, 0.4) is 0 Å². The number of hydrogen-bond donors (Lipinski definition) is 1. The first-order valence-corrected chi connectivity index (χ1v) is 12.8. The zero-order chi connectivity index (χ0) is 23.3. The molecule has 2 aromatic rings. The van der Waals surface area contributed by atoms with Gasteiger partial charge in [0.1, 0.15) is 13.2 Å². The van der Waals surface area contributed by atoms with Crippen LogP contribution in [0, 0.1) is 0 Å². The summed E-state index contributed by atoms with van der Waals surface area (Å²) in [6.07, 6.45) is 1.59. The molecule has 1 unspecified atom stereocenters. The molecule has 0 saturated carbocycles. The van der Waals surface area contributed by atoms with E-state index in [4.69, 9.17) is 14.2 Å². The topological polar surface area (TPSA) is 94.2 Å². The zero-order valence-corrected chi connectivity index (χ0v) is 19.6. The number of sulfonamides is 1. The summed E-state index contributed by atoms with van der Waals surface area (Å²) < 4.78 is 43.4. The average Bonchev–Trinajstić information content (AvgIpc) is 2.86. The molecule has 1 fully saturated rings. The predicted molar refractivity (Wildman–Crippen MR) is 123 cm³/mol. The fourth-order valence-electron chi connectivity index (χ4n) is 3.99. The first-order valence-electron chi connectivity index (χ1n) is 11.3. The molecule has 0 spiro atoms. The number of fused-ring (bicyclic) bond motifs is 1. The van der Waals surface area contributed by atoms with Gasteiger partial charge in [-0.05, 0) is 48.2 Å². The summed E-state index contributed by atoms with van der Waals surface area (Å²) in [5.74, 6) is 1.38. The molecule has 1 amide bonds. The normalized spacial score (nSPS) is 17.4. The highest BCUT2D eigenvalue weighted by atomic mass is 32.2. The van der Waals surface area contributed by atoms with E-state index in [0.29, 0.717) is 58.1 Å². The van der Waals surface area contributed by atoms with Crippen molar-refractivity contribution < 1.29 is 27.4 Å². The van der Waals surface area contributed by atoms with Gasteiger partial charge >= 0.3 is 0 Å². The molecule has 33 heavy (non-hydrogen) atoms. The smallest absolute Gasteiger partial charge is 0.243 e. The van der Waals surface area contributed by atoms with Gasteiger partial charge < -0.3 is 19.5 Å². The molecule has 0 aliphatic carbocycles. The fraction of sp³-hybridized carbons (Fsp3) is 0.458. The van der Waals surface area contributed by atoms with E-state index >= 15 is 0 Å². The molecule has 0 aromatic heterocycles. The van der Waals surface area contributed by atoms with Gasteiger partial charge in [-0.3, -0.25) is 4.79 Å². The fourth-order valence-corrected chi connectivity index (χ4v) is 5.39. The number of aryl methyl sites for hydroxylation is 1. The van der Waals surface area contributed by atoms with Crippen LogP contribution in [0.1, 0.15) is 36.9 Å². The minimum absolute atomic E-state index is 0.0539. The number of morpholine rings is 1. The molecular weight excluding hydrogens is 444 g/mol. The molecule has 2 aliphatic heterocycles. The van der Waals surface area contributed by atoms with Crippen LogP contribution < -0.4 is 14.8 Å². The number of benzene rings is 2. The maximum absolute atomic E-state index is 12.7. The first kappa shape index (κ1) is 23.5. The second kappa shape index (κ2) is 10.5. The Balaban J connectivity index is 1.32. The maximum atomic E-state index is 12.7. The highest BCUT2D eigenvalue weighted by Crippen LogP contribution is 2.33. The maximum Gasteiger partial charge on any atom is 0.243 e. The Kier molecular flexibility index (Phi) is 7.52. The number of carbonyl (C=O) groups is 1. The number of hydrogen-bond acceptors (Lipinski definition) is 6. The number of ether oxygens (including phenoxy) is 3. The van der Waals surface area contributed by atoms with Gasteiger partial charge in [-0.25, -0.2) is 8.42 Å². The number of amides is 1. The molecule has 0 bridgehead atoms. The van der Waals surface area contributed by atoms with Crippen molar-refractivity contribution in [2.24, 2.45) is 0 Å². The van der Waals surface area contributed by atoms with Gasteiger partial charge in [0.2, 0.25) is 15.9 Å². The van der Waals surface area contributed by atoms with E-state index < -0.39 is 10.0 Å². The standard InChI is InChI=1S/C24H30N2O6S/c1-2-21(19-6-9-22-23(17-19)32-16-15-31-22)25-24(27)10-5-18-3-7-20(8-4-18)33(28,29)26-11-13-30-14-12-26/h3-4,6-9,17,21H,2,5,10-16H2,1H3,(H,25,27). The molecule has 1 atom stereocenters. The quantitative estimate of drug-likeness (QED) is 0.632. The van der Waals surface area contributed by atoms with Gasteiger partial charge in [0, 0.05) is 19.5 Å². The van der Waals surface area contributed by atoms with E-state index in [2.05, 4.69) is 5.32 Å². The highest BCUT2D eigenvalue weighted by molar-refractivity contribution is 7.89. The molecule has 9 heteroatoms. The predicted octanol–water partition coefficient (Wildman–Crippen LogP) is 2.68. The van der Waals surface area contributed by atoms with Crippen molar-refractivity contribution in [3.8, 4) is 11.5 Å². The summed E-state index contributed by atoms with van der Waals surface area (Å²) in [6, 6.07) is 12.4. The number of rotatable bonds is 8. The monoisotopic (exact) mass is 474 g/mol. The minimum Gasteiger partial charge on any atom is -0.486 e. The van der Waals surface area contributed by atoms with E-state index in [0.717, 1.165) is 23.3 Å². The lowest BCUT2D eigenvalue weighted by Gasteiger charge is -2.26. The van der Waals surface area contributed by atoms with Gasteiger partial charge in [-0.2, -0.15) is 4.31 Å². The highest BCUT2D eigenvalue weighted by Gasteiger charge is 2.26. The molecule has 4 rings (SSSR count). The van der Waals surface area contributed by atoms with Crippen molar-refractivity contribution in [3.63, 3.8) is 0 Å². The van der Waals surface area contributed by atoms with Crippen molar-refractivity contribution >= 4 is 15.9 Å². The van der Waals surface area contributed by atoms with Crippen LogP contribution in [0.5, 0.6) is 11.5 Å². The molecule has 2 heterocycles. The van der Waals surface area contributed by atoms with Crippen molar-refractivity contribution in [1.82, 2.24) is 9.62 Å². The van der Waals surface area contributed by atoms with Crippen molar-refractivity contribution in [2.75, 3.05) is 39.5 Å². The zero-order valence-electron chi connectivity index (χ0n) is 18.8. The largest absolute Gasteiger partial charge is 0.486 e. The van der Waals surface area contributed by atoms with E-state index in [1.807, 2.05) is 25.1 Å². The number of nitrogens with zero attached hydrogens (tertiary/aromatic N) is 1. The Labute approximate surface area is 194 Å². The summed E-state index contributed by atoms with van der Waals surface area (Å²) in [6.45, 7) is 4.65.